The average molecular weight is 362 g/mol. The van der Waals surface area contributed by atoms with Crippen LogP contribution in [0.4, 0.5) is 0 Å². The molecule has 0 bridgehead atoms. The van der Waals surface area contributed by atoms with Crippen LogP contribution >= 0.6 is 15.9 Å². The Bertz CT molecular complexity index is 544. The molecule has 0 aliphatic rings. The smallest absolute Gasteiger partial charge is 0.338 e. The number of amides is 1. The van der Waals surface area contributed by atoms with E-state index in [2.05, 4.69) is 15.9 Å². The number of carbonyl (C=O) groups excluding carboxylic acids is 1. The van der Waals surface area contributed by atoms with Crippen LogP contribution in [0.15, 0.2) is 16.6 Å². The first-order chi connectivity index (χ1) is 9.75. The second kappa shape index (κ2) is 8.38. The molecule has 0 fully saturated rings. The number of benzene rings is 1. The standard InChI is InChI=1S/C12H12BrNO5.CH4O/c1-5-6(2)8(13)4-3-7(5)10(15)14-9(11(16)17)12(18)19;1-2/h3-4,9H,1-2H3,(H,14,15)(H,16,17)(H,18,19);2H,1H3. The maximum Gasteiger partial charge on any atom is 0.338 e. The summed E-state index contributed by atoms with van der Waals surface area (Å²) in [7, 11) is 1.00. The molecule has 0 heterocycles. The van der Waals surface area contributed by atoms with Crippen molar-refractivity contribution in [2.24, 2.45) is 0 Å². The van der Waals surface area contributed by atoms with E-state index >= 15 is 0 Å². The summed E-state index contributed by atoms with van der Waals surface area (Å²) in [4.78, 5) is 33.3. The number of hydrogen-bond acceptors (Lipinski definition) is 4. The highest BCUT2D eigenvalue weighted by molar-refractivity contribution is 9.10. The van der Waals surface area contributed by atoms with Crippen LogP contribution in [0.25, 0.3) is 0 Å². The monoisotopic (exact) mass is 361 g/mol. The lowest BCUT2D eigenvalue weighted by Gasteiger charge is -2.13. The van der Waals surface area contributed by atoms with Gasteiger partial charge in [-0.1, -0.05) is 15.9 Å². The molecule has 1 amide bonds. The Morgan fingerprint density at radius 3 is 1.95 bits per heavy atom. The Hall–Kier alpha value is -1.93. The summed E-state index contributed by atoms with van der Waals surface area (Å²) in [5, 5.41) is 26.4. The molecular formula is C13H16BrNO6. The Balaban J connectivity index is 0.00000191. The van der Waals surface area contributed by atoms with Crippen molar-refractivity contribution < 1.29 is 29.7 Å². The van der Waals surface area contributed by atoms with Gasteiger partial charge in [0.05, 0.1) is 0 Å². The zero-order chi connectivity index (χ0) is 16.7. The summed E-state index contributed by atoms with van der Waals surface area (Å²) in [5.74, 6) is -3.97. The predicted molar refractivity (Wildman–Crippen MR) is 78.3 cm³/mol. The van der Waals surface area contributed by atoms with Gasteiger partial charge in [0.1, 0.15) is 0 Å². The van der Waals surface area contributed by atoms with Crippen molar-refractivity contribution in [3.8, 4) is 0 Å². The van der Waals surface area contributed by atoms with Gasteiger partial charge >= 0.3 is 11.9 Å². The molecule has 1 aromatic carbocycles. The third kappa shape index (κ3) is 4.83. The van der Waals surface area contributed by atoms with E-state index in [9.17, 15) is 14.4 Å². The third-order valence-electron chi connectivity index (χ3n) is 2.74. The summed E-state index contributed by atoms with van der Waals surface area (Å²) in [6, 6.07) is 1.19. The van der Waals surface area contributed by atoms with Crippen LogP contribution in [0.1, 0.15) is 21.5 Å². The molecule has 1 aromatic rings. The van der Waals surface area contributed by atoms with Gasteiger partial charge in [-0.15, -0.1) is 0 Å². The van der Waals surface area contributed by atoms with Gasteiger partial charge < -0.3 is 20.6 Å². The van der Waals surface area contributed by atoms with E-state index in [-0.39, 0.29) is 5.56 Å². The molecule has 1 rings (SSSR count). The molecule has 0 aromatic heterocycles. The fourth-order valence-electron chi connectivity index (χ4n) is 1.47. The molecule has 116 valence electrons. The van der Waals surface area contributed by atoms with Crippen molar-refractivity contribution in [3.05, 3.63) is 33.3 Å². The average Bonchev–Trinajstić information content (AvgIpc) is 2.43. The highest BCUT2D eigenvalue weighted by Crippen LogP contribution is 2.22. The molecule has 0 aliphatic heterocycles. The number of aliphatic hydroxyl groups is 1. The van der Waals surface area contributed by atoms with Gasteiger partial charge in [-0.05, 0) is 37.1 Å². The van der Waals surface area contributed by atoms with Gasteiger partial charge in [-0.3, -0.25) is 4.79 Å². The highest BCUT2D eigenvalue weighted by Gasteiger charge is 2.28. The molecule has 8 heteroatoms. The number of aliphatic carboxylic acids is 2. The van der Waals surface area contributed by atoms with Crippen molar-refractivity contribution in [2.45, 2.75) is 19.9 Å². The van der Waals surface area contributed by atoms with E-state index in [0.717, 1.165) is 17.1 Å². The van der Waals surface area contributed by atoms with Crippen LogP contribution in [-0.2, 0) is 9.59 Å². The van der Waals surface area contributed by atoms with E-state index in [0.29, 0.717) is 5.56 Å². The molecule has 4 N–H and O–H groups in total. The first-order valence-corrected chi connectivity index (χ1v) is 6.52. The maximum atomic E-state index is 11.9. The van der Waals surface area contributed by atoms with Crippen LogP contribution in [0.5, 0.6) is 0 Å². The van der Waals surface area contributed by atoms with Crippen molar-refractivity contribution >= 4 is 33.8 Å². The Morgan fingerprint density at radius 2 is 1.52 bits per heavy atom. The molecular weight excluding hydrogens is 346 g/mol. The van der Waals surface area contributed by atoms with Gasteiger partial charge in [-0.25, -0.2) is 9.59 Å². The van der Waals surface area contributed by atoms with E-state index in [1.165, 1.54) is 6.07 Å². The number of carboxylic acid groups (broad SMARTS) is 2. The fourth-order valence-corrected chi connectivity index (χ4v) is 1.90. The first-order valence-electron chi connectivity index (χ1n) is 5.72. The number of hydrogen-bond donors (Lipinski definition) is 4. The minimum absolute atomic E-state index is 0.244. The molecule has 0 unspecified atom stereocenters. The second-order valence-electron chi connectivity index (χ2n) is 3.93. The molecule has 21 heavy (non-hydrogen) atoms. The second-order valence-corrected chi connectivity index (χ2v) is 4.78. The topological polar surface area (TPSA) is 124 Å². The van der Waals surface area contributed by atoms with Crippen LogP contribution in [0.3, 0.4) is 0 Å². The lowest BCUT2D eigenvalue weighted by molar-refractivity contribution is -0.150. The highest BCUT2D eigenvalue weighted by atomic mass is 79.9. The number of nitrogens with one attached hydrogen (secondary N) is 1. The Labute approximate surface area is 129 Å². The Kier molecular flexibility index (Phi) is 7.61. The lowest BCUT2D eigenvalue weighted by atomic mass is 10.0. The molecule has 0 aliphatic carbocycles. The van der Waals surface area contributed by atoms with E-state index in [4.69, 9.17) is 15.3 Å². The first kappa shape index (κ1) is 19.1. The van der Waals surface area contributed by atoms with Crippen LogP contribution < -0.4 is 5.32 Å². The van der Waals surface area contributed by atoms with Gasteiger partial charge in [0.25, 0.3) is 5.91 Å². The summed E-state index contributed by atoms with van der Waals surface area (Å²) in [5.41, 5.74) is 1.73. The number of halogens is 1. The largest absolute Gasteiger partial charge is 0.479 e. The van der Waals surface area contributed by atoms with Crippen molar-refractivity contribution in [1.82, 2.24) is 5.32 Å². The minimum Gasteiger partial charge on any atom is -0.479 e. The third-order valence-corrected chi connectivity index (χ3v) is 3.59. The number of rotatable bonds is 4. The van der Waals surface area contributed by atoms with Crippen molar-refractivity contribution in [2.75, 3.05) is 7.11 Å². The molecule has 7 nitrogen and oxygen atoms in total. The molecule has 0 atom stereocenters. The zero-order valence-electron chi connectivity index (χ0n) is 11.7. The Morgan fingerprint density at radius 1 is 1.05 bits per heavy atom. The number of carboxylic acids is 2. The summed E-state index contributed by atoms with van der Waals surface area (Å²) >= 11 is 3.31. The molecule has 0 saturated carbocycles. The van der Waals surface area contributed by atoms with Crippen molar-refractivity contribution in [3.63, 3.8) is 0 Å². The number of aliphatic hydroxyl groups excluding tert-OH is 1. The normalized spacial score (nSPS) is 9.62. The van der Waals surface area contributed by atoms with Gasteiger partial charge in [0.2, 0.25) is 6.04 Å². The SMILES string of the molecule is CO.Cc1c(Br)ccc(C(=O)NC(C(=O)O)C(=O)O)c1C. The molecule has 0 spiro atoms. The van der Waals surface area contributed by atoms with Gasteiger partial charge in [0.15, 0.2) is 0 Å². The van der Waals surface area contributed by atoms with Crippen LogP contribution in [-0.4, -0.2) is 46.3 Å². The maximum absolute atomic E-state index is 11.9. The lowest BCUT2D eigenvalue weighted by Crippen LogP contribution is -2.46. The summed E-state index contributed by atoms with van der Waals surface area (Å²) in [6.07, 6.45) is 0. The van der Waals surface area contributed by atoms with Gasteiger partial charge in [-0.2, -0.15) is 0 Å². The quantitative estimate of drug-likeness (QED) is 0.591. The zero-order valence-corrected chi connectivity index (χ0v) is 13.3. The molecule has 0 saturated heterocycles. The summed E-state index contributed by atoms with van der Waals surface area (Å²) in [6.45, 7) is 3.49. The van der Waals surface area contributed by atoms with E-state index in [1.807, 2.05) is 5.32 Å². The van der Waals surface area contributed by atoms with Crippen LogP contribution in [0.2, 0.25) is 0 Å². The number of carbonyl (C=O) groups is 3. The molecule has 0 radical (unpaired) electrons. The van der Waals surface area contributed by atoms with Gasteiger partial charge in [0, 0.05) is 17.1 Å². The van der Waals surface area contributed by atoms with E-state index < -0.39 is 23.9 Å². The summed E-state index contributed by atoms with van der Waals surface area (Å²) < 4.78 is 0.814. The minimum atomic E-state index is -1.96. The fraction of sp³-hybridized carbons (Fsp3) is 0.308. The predicted octanol–water partition coefficient (Wildman–Crippen LogP) is 0.942. The van der Waals surface area contributed by atoms with E-state index in [1.54, 1.807) is 19.9 Å². The van der Waals surface area contributed by atoms with Crippen molar-refractivity contribution in [1.29, 1.82) is 0 Å². The van der Waals surface area contributed by atoms with Crippen LogP contribution in [0, 0.1) is 13.8 Å².